The van der Waals surface area contributed by atoms with E-state index < -0.39 is 17.0 Å². The van der Waals surface area contributed by atoms with Gasteiger partial charge in [0.1, 0.15) is 11.1 Å². The largest absolute Gasteiger partial charge is 0.366 e. The molecule has 0 saturated carbocycles. The van der Waals surface area contributed by atoms with Crippen LogP contribution in [-0.4, -0.2) is 17.7 Å². The third kappa shape index (κ3) is 6.17. The third-order valence-corrected chi connectivity index (χ3v) is 6.49. The molecule has 0 spiro atoms. The van der Waals surface area contributed by atoms with Gasteiger partial charge in [-0.15, -0.1) is 11.8 Å². The molecule has 180 valence electrons. The van der Waals surface area contributed by atoms with E-state index in [2.05, 4.69) is 10.6 Å². The Kier molecular flexibility index (Phi) is 7.77. The number of rotatable bonds is 8. The Labute approximate surface area is 211 Å². The molecule has 0 aliphatic rings. The Hall–Kier alpha value is -4.43. The van der Waals surface area contributed by atoms with E-state index in [0.29, 0.717) is 16.9 Å². The van der Waals surface area contributed by atoms with Gasteiger partial charge in [-0.05, 0) is 60.2 Å². The highest BCUT2D eigenvalue weighted by atomic mass is 32.2. The number of primary amides is 1. The van der Waals surface area contributed by atoms with E-state index in [0.717, 1.165) is 10.5 Å². The molecule has 0 aromatic heterocycles. The van der Waals surface area contributed by atoms with Crippen LogP contribution >= 0.6 is 11.8 Å². The van der Waals surface area contributed by atoms with Crippen LogP contribution in [0.3, 0.4) is 0 Å². The van der Waals surface area contributed by atoms with Crippen LogP contribution in [-0.2, 0) is 4.79 Å². The van der Waals surface area contributed by atoms with Crippen molar-refractivity contribution in [1.29, 1.82) is 0 Å². The van der Waals surface area contributed by atoms with E-state index >= 15 is 0 Å². The van der Waals surface area contributed by atoms with Gasteiger partial charge in [-0.1, -0.05) is 48.5 Å². The molecule has 0 aliphatic carbocycles. The fourth-order valence-electron chi connectivity index (χ4n) is 3.49. The number of hydrogen-bond acceptors (Lipinski definition) is 4. The maximum Gasteiger partial charge on any atom is 0.255 e. The molecular weight excluding hydrogens is 477 g/mol. The summed E-state index contributed by atoms with van der Waals surface area (Å²) < 4.78 is 13.2. The summed E-state index contributed by atoms with van der Waals surface area (Å²) in [5, 5.41) is 4.96. The Morgan fingerprint density at radius 1 is 0.778 bits per heavy atom. The summed E-state index contributed by atoms with van der Waals surface area (Å²) in [5.74, 6) is -1.77. The topological polar surface area (TPSA) is 101 Å². The number of nitrogens with two attached hydrogens (primary N) is 1. The minimum Gasteiger partial charge on any atom is -0.366 e. The average Bonchev–Trinajstić information content (AvgIpc) is 2.88. The van der Waals surface area contributed by atoms with Crippen LogP contribution in [0, 0.1) is 5.82 Å². The lowest BCUT2D eigenvalue weighted by molar-refractivity contribution is -0.115. The van der Waals surface area contributed by atoms with Crippen molar-refractivity contribution in [2.75, 3.05) is 10.6 Å². The van der Waals surface area contributed by atoms with Gasteiger partial charge in [0, 0.05) is 16.1 Å². The molecule has 1 unspecified atom stereocenters. The zero-order valence-corrected chi connectivity index (χ0v) is 19.8. The highest BCUT2D eigenvalue weighted by Crippen LogP contribution is 2.37. The van der Waals surface area contributed by atoms with Crippen LogP contribution in [0.25, 0.3) is 0 Å². The van der Waals surface area contributed by atoms with Gasteiger partial charge in [-0.25, -0.2) is 4.39 Å². The number of carbonyl (C=O) groups excluding carboxylic acids is 3. The molecule has 8 heteroatoms. The van der Waals surface area contributed by atoms with Crippen molar-refractivity contribution in [1.82, 2.24) is 0 Å². The molecule has 0 aliphatic heterocycles. The van der Waals surface area contributed by atoms with E-state index in [4.69, 9.17) is 5.73 Å². The predicted octanol–water partition coefficient (Wildman–Crippen LogP) is 5.65. The number of nitrogens with one attached hydrogen (secondary N) is 2. The minimum absolute atomic E-state index is 0.216. The number of halogens is 1. The third-order valence-electron chi connectivity index (χ3n) is 5.24. The highest BCUT2D eigenvalue weighted by molar-refractivity contribution is 8.00. The van der Waals surface area contributed by atoms with Gasteiger partial charge in [0.05, 0.1) is 11.3 Å². The van der Waals surface area contributed by atoms with Crippen molar-refractivity contribution in [2.45, 2.75) is 10.1 Å². The smallest absolute Gasteiger partial charge is 0.255 e. The first kappa shape index (κ1) is 24.7. The first-order chi connectivity index (χ1) is 17.4. The molecule has 6 nitrogen and oxygen atoms in total. The lowest BCUT2D eigenvalue weighted by atomic mass is 10.1. The maximum atomic E-state index is 13.4. The Bertz CT molecular complexity index is 1390. The monoisotopic (exact) mass is 499 g/mol. The second-order valence-corrected chi connectivity index (χ2v) is 8.98. The second kappa shape index (κ2) is 11.3. The first-order valence-corrected chi connectivity index (χ1v) is 11.9. The van der Waals surface area contributed by atoms with Crippen LogP contribution in [0.2, 0.25) is 0 Å². The minimum atomic E-state index is -0.657. The second-order valence-electron chi connectivity index (χ2n) is 7.80. The predicted molar refractivity (Wildman–Crippen MR) is 139 cm³/mol. The molecular formula is C28H22FN3O3S. The number of amides is 3. The van der Waals surface area contributed by atoms with Crippen molar-refractivity contribution in [3.05, 3.63) is 126 Å². The quantitative estimate of drug-likeness (QED) is 0.273. The molecule has 0 heterocycles. The van der Waals surface area contributed by atoms with Gasteiger partial charge in [0.25, 0.3) is 11.8 Å². The zero-order chi connectivity index (χ0) is 25.5. The van der Waals surface area contributed by atoms with Crippen molar-refractivity contribution < 1.29 is 18.8 Å². The number of hydrogen-bond donors (Lipinski definition) is 3. The number of anilines is 2. The van der Waals surface area contributed by atoms with Crippen LogP contribution < -0.4 is 16.4 Å². The van der Waals surface area contributed by atoms with Crippen molar-refractivity contribution in [3.63, 3.8) is 0 Å². The van der Waals surface area contributed by atoms with E-state index in [-0.39, 0.29) is 17.4 Å². The summed E-state index contributed by atoms with van der Waals surface area (Å²) in [4.78, 5) is 38.4. The molecule has 0 bridgehead atoms. The van der Waals surface area contributed by atoms with Crippen LogP contribution in [0.5, 0.6) is 0 Å². The summed E-state index contributed by atoms with van der Waals surface area (Å²) in [7, 11) is 0. The molecule has 1 atom stereocenters. The summed E-state index contributed by atoms with van der Waals surface area (Å²) in [6.45, 7) is 0. The molecule has 3 amide bonds. The number of carbonyl (C=O) groups is 3. The summed E-state index contributed by atoms with van der Waals surface area (Å²) in [6, 6.07) is 28.1. The van der Waals surface area contributed by atoms with Gasteiger partial charge >= 0.3 is 0 Å². The molecule has 4 aromatic carbocycles. The van der Waals surface area contributed by atoms with Crippen LogP contribution in [0.4, 0.5) is 15.8 Å². The van der Waals surface area contributed by atoms with Crippen molar-refractivity contribution in [2.24, 2.45) is 5.73 Å². The van der Waals surface area contributed by atoms with E-state index in [1.54, 1.807) is 42.5 Å². The number of para-hydroxylation sites is 1. The van der Waals surface area contributed by atoms with Gasteiger partial charge in [-0.2, -0.15) is 0 Å². The highest BCUT2D eigenvalue weighted by Gasteiger charge is 2.23. The lowest BCUT2D eigenvalue weighted by Gasteiger charge is -2.18. The fourth-order valence-corrected chi connectivity index (χ4v) is 4.58. The average molecular weight is 500 g/mol. The summed E-state index contributed by atoms with van der Waals surface area (Å²) in [5.41, 5.74) is 7.62. The van der Waals surface area contributed by atoms with Crippen LogP contribution in [0.15, 0.2) is 108 Å². The Morgan fingerprint density at radius 2 is 1.47 bits per heavy atom. The number of thioether (sulfide) groups is 1. The van der Waals surface area contributed by atoms with Crippen molar-refractivity contribution >= 4 is 40.9 Å². The van der Waals surface area contributed by atoms with Gasteiger partial charge in [0.15, 0.2) is 0 Å². The molecule has 0 fully saturated rings. The van der Waals surface area contributed by atoms with E-state index in [1.165, 1.54) is 36.0 Å². The van der Waals surface area contributed by atoms with E-state index in [9.17, 15) is 18.8 Å². The molecule has 4 aromatic rings. The Balaban J connectivity index is 1.56. The standard InChI is InChI=1S/C28H22FN3O3S/c29-20-15-13-19(14-16-20)27(34)31-21-9-6-10-22(17-21)36-25(18-7-2-1-3-8-18)28(35)32-24-12-5-4-11-23(24)26(30)33/h1-17,25H,(H2,30,33)(H,31,34)(H,32,35). The fraction of sp³-hybridized carbons (Fsp3) is 0.0357. The molecule has 0 radical (unpaired) electrons. The molecule has 36 heavy (non-hydrogen) atoms. The van der Waals surface area contributed by atoms with Gasteiger partial charge in [-0.3, -0.25) is 14.4 Å². The first-order valence-electron chi connectivity index (χ1n) is 11.0. The molecule has 4 N–H and O–H groups in total. The van der Waals surface area contributed by atoms with Crippen LogP contribution in [0.1, 0.15) is 31.5 Å². The van der Waals surface area contributed by atoms with Crippen molar-refractivity contribution in [3.8, 4) is 0 Å². The molecule has 0 saturated heterocycles. The zero-order valence-electron chi connectivity index (χ0n) is 19.0. The van der Waals surface area contributed by atoms with Gasteiger partial charge in [0.2, 0.25) is 5.91 Å². The number of benzene rings is 4. The lowest BCUT2D eigenvalue weighted by Crippen LogP contribution is -2.22. The maximum absolute atomic E-state index is 13.4. The van der Waals surface area contributed by atoms with E-state index in [1.807, 2.05) is 36.4 Å². The molecule has 4 rings (SSSR count). The normalized spacial score (nSPS) is 11.4. The summed E-state index contributed by atoms with van der Waals surface area (Å²) >= 11 is 1.29. The SMILES string of the molecule is NC(=O)c1ccccc1NC(=O)C(Sc1cccc(NC(=O)c2ccc(F)cc2)c1)c1ccccc1. The van der Waals surface area contributed by atoms with Gasteiger partial charge < -0.3 is 16.4 Å². The Morgan fingerprint density at radius 3 is 2.19 bits per heavy atom. The summed E-state index contributed by atoms with van der Waals surface area (Å²) in [6.07, 6.45) is 0.